The summed E-state index contributed by atoms with van der Waals surface area (Å²) < 4.78 is 0. The van der Waals surface area contributed by atoms with E-state index in [9.17, 15) is 29.4 Å². The van der Waals surface area contributed by atoms with Gasteiger partial charge in [-0.15, -0.1) is 0 Å². The molecule has 11 heteroatoms. The number of carbonyl (C=O) groups is 4. The minimum absolute atomic E-state index is 0.0165. The van der Waals surface area contributed by atoms with E-state index in [1.165, 1.54) is 12.1 Å². The van der Waals surface area contributed by atoms with E-state index in [0.29, 0.717) is 17.7 Å². The Morgan fingerprint density at radius 3 is 2.11 bits per heavy atom. The maximum absolute atomic E-state index is 13.1. The lowest BCUT2D eigenvalue weighted by molar-refractivity contribution is -0.142. The van der Waals surface area contributed by atoms with Gasteiger partial charge in [0, 0.05) is 12.8 Å². The Labute approximate surface area is 214 Å². The van der Waals surface area contributed by atoms with Crippen LogP contribution in [-0.2, 0) is 32.0 Å². The molecule has 2 aromatic rings. The van der Waals surface area contributed by atoms with Gasteiger partial charge in [0.25, 0.3) is 0 Å². The van der Waals surface area contributed by atoms with Gasteiger partial charge in [-0.1, -0.05) is 42.5 Å². The van der Waals surface area contributed by atoms with Crippen molar-refractivity contribution in [3.63, 3.8) is 0 Å². The molecule has 3 atom stereocenters. The highest BCUT2D eigenvalue weighted by molar-refractivity contribution is 7.98. The second kappa shape index (κ2) is 14.7. The number of carboxylic acid groups (broad SMARTS) is 1. The lowest BCUT2D eigenvalue weighted by Gasteiger charge is -2.22. The molecule has 0 bridgehead atoms. The van der Waals surface area contributed by atoms with Crippen LogP contribution in [0.15, 0.2) is 54.6 Å². The first-order valence-electron chi connectivity index (χ1n) is 11.4. The lowest BCUT2D eigenvalue weighted by Crippen LogP contribution is -2.54. The number of aromatic hydroxyl groups is 1. The Bertz CT molecular complexity index is 1020. The third-order valence-corrected chi connectivity index (χ3v) is 5.96. The van der Waals surface area contributed by atoms with E-state index in [-0.39, 0.29) is 25.1 Å². The average molecular weight is 517 g/mol. The molecule has 0 aromatic heterocycles. The minimum atomic E-state index is -1.26. The molecule has 36 heavy (non-hydrogen) atoms. The van der Waals surface area contributed by atoms with Crippen LogP contribution in [0.5, 0.6) is 5.75 Å². The van der Waals surface area contributed by atoms with Crippen molar-refractivity contribution in [2.45, 2.75) is 37.4 Å². The summed E-state index contributed by atoms with van der Waals surface area (Å²) in [5, 5.41) is 26.6. The number of amides is 3. The predicted molar refractivity (Wildman–Crippen MR) is 137 cm³/mol. The highest BCUT2D eigenvalue weighted by Crippen LogP contribution is 2.12. The number of rotatable bonds is 14. The van der Waals surface area contributed by atoms with Gasteiger partial charge in [-0.2, -0.15) is 11.8 Å². The first kappa shape index (κ1) is 28.7. The highest BCUT2D eigenvalue weighted by Gasteiger charge is 2.27. The van der Waals surface area contributed by atoms with Crippen LogP contribution in [0.3, 0.4) is 0 Å². The van der Waals surface area contributed by atoms with Crippen LogP contribution >= 0.6 is 11.8 Å². The topological polar surface area (TPSA) is 171 Å². The van der Waals surface area contributed by atoms with Gasteiger partial charge < -0.3 is 31.9 Å². The van der Waals surface area contributed by atoms with E-state index in [2.05, 4.69) is 16.0 Å². The van der Waals surface area contributed by atoms with E-state index in [4.69, 9.17) is 5.73 Å². The molecule has 194 valence electrons. The van der Waals surface area contributed by atoms with Gasteiger partial charge in [0.05, 0.1) is 12.6 Å². The fraction of sp³-hybridized carbons (Fsp3) is 0.360. The SMILES string of the molecule is CSCCC(N)C(=O)NCC(=O)NC(Cc1ccccc1)C(=O)NC(Cc1ccc(O)cc1)C(=O)O. The van der Waals surface area contributed by atoms with Crippen molar-refractivity contribution in [2.24, 2.45) is 5.73 Å². The summed E-state index contributed by atoms with van der Waals surface area (Å²) in [6, 6.07) is 11.8. The number of hydrogen-bond donors (Lipinski definition) is 6. The summed E-state index contributed by atoms with van der Waals surface area (Å²) in [4.78, 5) is 49.5. The lowest BCUT2D eigenvalue weighted by atomic mass is 10.0. The molecule has 0 saturated carbocycles. The number of hydrogen-bond acceptors (Lipinski definition) is 7. The molecule has 0 saturated heterocycles. The number of carbonyl (C=O) groups excluding carboxylic acids is 3. The molecule has 2 aromatic carbocycles. The third kappa shape index (κ3) is 9.96. The molecule has 2 rings (SSSR count). The van der Waals surface area contributed by atoms with E-state index in [1.54, 1.807) is 48.2 Å². The summed E-state index contributed by atoms with van der Waals surface area (Å²) in [6.07, 6.45) is 2.46. The fourth-order valence-electron chi connectivity index (χ4n) is 3.32. The van der Waals surface area contributed by atoms with Gasteiger partial charge in [0.15, 0.2) is 0 Å². The fourth-order valence-corrected chi connectivity index (χ4v) is 3.81. The molecule has 0 aliphatic rings. The largest absolute Gasteiger partial charge is 0.508 e. The summed E-state index contributed by atoms with van der Waals surface area (Å²) >= 11 is 1.56. The van der Waals surface area contributed by atoms with Crippen LogP contribution in [0.2, 0.25) is 0 Å². The number of nitrogens with two attached hydrogens (primary N) is 1. The number of nitrogens with one attached hydrogen (secondary N) is 3. The molecular weight excluding hydrogens is 484 g/mol. The normalized spacial score (nSPS) is 13.2. The third-order valence-electron chi connectivity index (χ3n) is 5.32. The van der Waals surface area contributed by atoms with Gasteiger partial charge >= 0.3 is 5.97 Å². The number of phenolic OH excluding ortho intramolecular Hbond substituents is 1. The molecule has 0 aliphatic carbocycles. The quantitative estimate of drug-likeness (QED) is 0.210. The zero-order valence-corrected chi connectivity index (χ0v) is 20.8. The molecule has 0 heterocycles. The van der Waals surface area contributed by atoms with E-state index < -0.39 is 41.8 Å². The molecule has 0 radical (unpaired) electrons. The van der Waals surface area contributed by atoms with Gasteiger partial charge in [-0.3, -0.25) is 14.4 Å². The van der Waals surface area contributed by atoms with Crippen molar-refractivity contribution in [3.05, 3.63) is 65.7 Å². The van der Waals surface area contributed by atoms with Crippen LogP contribution in [0.25, 0.3) is 0 Å². The Hall–Kier alpha value is -3.57. The smallest absolute Gasteiger partial charge is 0.326 e. The van der Waals surface area contributed by atoms with Crippen molar-refractivity contribution in [2.75, 3.05) is 18.6 Å². The van der Waals surface area contributed by atoms with Gasteiger partial charge in [-0.05, 0) is 41.7 Å². The second-order valence-corrected chi connectivity index (χ2v) is 9.17. The Morgan fingerprint density at radius 1 is 0.889 bits per heavy atom. The second-order valence-electron chi connectivity index (χ2n) is 8.19. The molecule has 10 nitrogen and oxygen atoms in total. The summed E-state index contributed by atoms with van der Waals surface area (Å²) in [5.74, 6) is -2.26. The Balaban J connectivity index is 2.06. The first-order chi connectivity index (χ1) is 17.2. The van der Waals surface area contributed by atoms with Crippen molar-refractivity contribution < 1.29 is 29.4 Å². The molecule has 0 aliphatic heterocycles. The van der Waals surface area contributed by atoms with E-state index in [1.807, 2.05) is 12.3 Å². The molecule has 7 N–H and O–H groups in total. The molecule has 0 spiro atoms. The van der Waals surface area contributed by atoms with Crippen LogP contribution in [0, 0.1) is 0 Å². The van der Waals surface area contributed by atoms with Crippen LogP contribution in [-0.4, -0.2) is 70.6 Å². The zero-order valence-electron chi connectivity index (χ0n) is 20.0. The van der Waals surface area contributed by atoms with Crippen molar-refractivity contribution in [1.82, 2.24) is 16.0 Å². The van der Waals surface area contributed by atoms with Crippen LogP contribution in [0.1, 0.15) is 17.5 Å². The minimum Gasteiger partial charge on any atom is -0.508 e. The Morgan fingerprint density at radius 2 is 1.50 bits per heavy atom. The predicted octanol–water partition coefficient (Wildman–Crippen LogP) is 0.428. The number of aliphatic carboxylic acids is 1. The first-order valence-corrected chi connectivity index (χ1v) is 12.8. The van der Waals surface area contributed by atoms with Crippen LogP contribution in [0.4, 0.5) is 0 Å². The highest BCUT2D eigenvalue weighted by atomic mass is 32.2. The van der Waals surface area contributed by atoms with E-state index in [0.717, 1.165) is 5.56 Å². The Kier molecular flexibility index (Phi) is 11.7. The summed E-state index contributed by atoms with van der Waals surface area (Å²) in [6.45, 7) is -0.375. The maximum atomic E-state index is 13.1. The summed E-state index contributed by atoms with van der Waals surface area (Å²) in [5.41, 5.74) is 7.16. The number of carboxylic acids is 1. The zero-order chi connectivity index (χ0) is 26.5. The van der Waals surface area contributed by atoms with Crippen molar-refractivity contribution in [1.29, 1.82) is 0 Å². The van der Waals surface area contributed by atoms with E-state index >= 15 is 0 Å². The number of thioether (sulfide) groups is 1. The molecule has 0 fully saturated rings. The van der Waals surface area contributed by atoms with Gasteiger partial charge in [0.2, 0.25) is 17.7 Å². The van der Waals surface area contributed by atoms with Gasteiger partial charge in [0.1, 0.15) is 17.8 Å². The monoisotopic (exact) mass is 516 g/mol. The molecule has 3 amide bonds. The standard InChI is InChI=1S/C25H32N4O6S/c1-36-12-11-19(26)23(32)27-15-22(31)28-20(13-16-5-3-2-4-6-16)24(33)29-21(25(34)35)14-17-7-9-18(30)10-8-17/h2-10,19-21,30H,11-15,26H2,1H3,(H,27,32)(H,28,31)(H,29,33)(H,34,35). The number of benzene rings is 2. The molecular formula is C25H32N4O6S. The van der Waals surface area contributed by atoms with Crippen molar-refractivity contribution >= 4 is 35.5 Å². The van der Waals surface area contributed by atoms with Crippen molar-refractivity contribution in [3.8, 4) is 5.75 Å². The van der Waals surface area contributed by atoms with Gasteiger partial charge in [-0.25, -0.2) is 4.79 Å². The average Bonchev–Trinajstić information content (AvgIpc) is 2.86. The summed E-state index contributed by atoms with van der Waals surface area (Å²) in [7, 11) is 0. The molecule has 3 unspecified atom stereocenters. The maximum Gasteiger partial charge on any atom is 0.326 e. The van der Waals surface area contributed by atoms with Crippen LogP contribution < -0.4 is 21.7 Å². The number of phenols is 1.